The van der Waals surface area contributed by atoms with Gasteiger partial charge in [-0.15, -0.1) is 0 Å². The van der Waals surface area contributed by atoms with Crippen LogP contribution in [-0.2, 0) is 4.74 Å². The van der Waals surface area contributed by atoms with Crippen molar-refractivity contribution in [2.24, 2.45) is 0 Å². The van der Waals surface area contributed by atoms with Gasteiger partial charge < -0.3 is 24.4 Å². The lowest BCUT2D eigenvalue weighted by Gasteiger charge is -2.33. The molecule has 1 atom stereocenters. The smallest absolute Gasteiger partial charge is 0.255 e. The van der Waals surface area contributed by atoms with Gasteiger partial charge in [-0.05, 0) is 49.4 Å². The normalized spacial score (nSPS) is 16.9. The molecule has 0 bridgehead atoms. The quantitative estimate of drug-likeness (QED) is 0.892. The lowest BCUT2D eigenvalue weighted by atomic mass is 10.1. The fourth-order valence-electron chi connectivity index (χ4n) is 2.99. The van der Waals surface area contributed by atoms with Crippen LogP contribution < -0.4 is 19.7 Å². The van der Waals surface area contributed by atoms with E-state index < -0.39 is 0 Å². The van der Waals surface area contributed by atoms with Gasteiger partial charge in [0.2, 0.25) is 0 Å². The van der Waals surface area contributed by atoms with E-state index in [1.54, 1.807) is 32.4 Å². The standard InChI is InChI=1S/C20H24N2O4/c1-14-13-22(10-11-26-14)17-7-5-16(6-8-17)21-20(23)15-4-9-18(24-2)19(12-15)25-3/h4-9,12,14H,10-11,13H2,1-3H3,(H,21,23). The van der Waals surface area contributed by atoms with E-state index >= 15 is 0 Å². The molecule has 1 heterocycles. The van der Waals surface area contributed by atoms with Gasteiger partial charge in [-0.25, -0.2) is 0 Å². The van der Waals surface area contributed by atoms with Crippen LogP contribution in [0.1, 0.15) is 17.3 Å². The van der Waals surface area contributed by atoms with Crippen molar-refractivity contribution in [1.82, 2.24) is 0 Å². The van der Waals surface area contributed by atoms with Gasteiger partial charge in [0.05, 0.1) is 26.9 Å². The maximum atomic E-state index is 12.5. The van der Waals surface area contributed by atoms with E-state index in [0.717, 1.165) is 31.1 Å². The Balaban J connectivity index is 1.68. The molecule has 6 nitrogen and oxygen atoms in total. The van der Waals surface area contributed by atoms with Crippen molar-refractivity contribution < 1.29 is 19.0 Å². The number of nitrogens with zero attached hydrogens (tertiary/aromatic N) is 1. The number of carbonyl (C=O) groups is 1. The van der Waals surface area contributed by atoms with Crippen molar-refractivity contribution in [2.45, 2.75) is 13.0 Å². The number of carbonyl (C=O) groups excluding carboxylic acids is 1. The van der Waals surface area contributed by atoms with Gasteiger partial charge in [-0.3, -0.25) is 4.79 Å². The summed E-state index contributed by atoms with van der Waals surface area (Å²) in [5.74, 6) is 0.920. The average molecular weight is 356 g/mol. The molecule has 0 radical (unpaired) electrons. The highest BCUT2D eigenvalue weighted by molar-refractivity contribution is 6.04. The lowest BCUT2D eigenvalue weighted by Crippen LogP contribution is -2.41. The number of benzene rings is 2. The summed E-state index contributed by atoms with van der Waals surface area (Å²) < 4.78 is 16.0. The van der Waals surface area contributed by atoms with Crippen LogP contribution in [0.25, 0.3) is 0 Å². The summed E-state index contributed by atoms with van der Waals surface area (Å²) in [6.45, 7) is 4.56. The molecule has 1 fully saturated rings. The third-order valence-electron chi connectivity index (χ3n) is 4.38. The topological polar surface area (TPSA) is 60.0 Å². The number of morpholine rings is 1. The highest BCUT2D eigenvalue weighted by Gasteiger charge is 2.17. The number of nitrogens with one attached hydrogen (secondary N) is 1. The molecule has 1 amide bonds. The van der Waals surface area contributed by atoms with Crippen LogP contribution >= 0.6 is 0 Å². The minimum Gasteiger partial charge on any atom is -0.493 e. The van der Waals surface area contributed by atoms with Gasteiger partial charge in [0.1, 0.15) is 0 Å². The zero-order valence-corrected chi connectivity index (χ0v) is 15.3. The first-order valence-electron chi connectivity index (χ1n) is 8.60. The fraction of sp³-hybridized carbons (Fsp3) is 0.350. The molecular formula is C20H24N2O4. The molecule has 0 aromatic heterocycles. The second-order valence-corrected chi connectivity index (χ2v) is 6.20. The maximum absolute atomic E-state index is 12.5. The molecular weight excluding hydrogens is 332 g/mol. The molecule has 0 aliphatic carbocycles. The molecule has 1 aliphatic rings. The summed E-state index contributed by atoms with van der Waals surface area (Å²) in [7, 11) is 3.11. The van der Waals surface area contributed by atoms with Crippen LogP contribution in [0, 0.1) is 0 Å². The highest BCUT2D eigenvalue weighted by Crippen LogP contribution is 2.28. The van der Waals surface area contributed by atoms with Gasteiger partial charge in [0.15, 0.2) is 11.5 Å². The van der Waals surface area contributed by atoms with E-state index in [9.17, 15) is 4.79 Å². The van der Waals surface area contributed by atoms with Crippen LogP contribution in [0.2, 0.25) is 0 Å². The molecule has 1 unspecified atom stereocenters. The van der Waals surface area contributed by atoms with Crippen molar-refractivity contribution in [3.05, 3.63) is 48.0 Å². The molecule has 1 aliphatic heterocycles. The molecule has 26 heavy (non-hydrogen) atoms. The number of methoxy groups -OCH3 is 2. The fourth-order valence-corrected chi connectivity index (χ4v) is 2.99. The summed E-state index contributed by atoms with van der Waals surface area (Å²) in [6.07, 6.45) is 0.230. The number of hydrogen-bond acceptors (Lipinski definition) is 5. The molecule has 138 valence electrons. The summed E-state index contributed by atoms with van der Waals surface area (Å²) in [5.41, 5.74) is 2.38. The Morgan fingerprint density at radius 1 is 1.12 bits per heavy atom. The van der Waals surface area contributed by atoms with E-state index in [1.165, 1.54) is 0 Å². The Bertz CT molecular complexity index is 761. The molecule has 6 heteroatoms. The number of ether oxygens (including phenoxy) is 3. The second-order valence-electron chi connectivity index (χ2n) is 6.20. The van der Waals surface area contributed by atoms with Crippen molar-refractivity contribution in [1.29, 1.82) is 0 Å². The van der Waals surface area contributed by atoms with Crippen molar-refractivity contribution in [3.8, 4) is 11.5 Å². The van der Waals surface area contributed by atoms with Crippen LogP contribution in [0.15, 0.2) is 42.5 Å². The number of rotatable bonds is 5. The third-order valence-corrected chi connectivity index (χ3v) is 4.38. The summed E-state index contributed by atoms with van der Waals surface area (Å²) >= 11 is 0. The first-order chi connectivity index (χ1) is 12.6. The first kappa shape index (κ1) is 18.1. The average Bonchev–Trinajstić information content (AvgIpc) is 2.68. The van der Waals surface area contributed by atoms with E-state index in [1.807, 2.05) is 24.3 Å². The maximum Gasteiger partial charge on any atom is 0.255 e. The van der Waals surface area contributed by atoms with E-state index in [0.29, 0.717) is 17.1 Å². The minimum absolute atomic E-state index is 0.196. The summed E-state index contributed by atoms with van der Waals surface area (Å²) in [4.78, 5) is 14.8. The molecule has 3 rings (SSSR count). The van der Waals surface area contributed by atoms with Crippen LogP contribution in [0.5, 0.6) is 11.5 Å². The molecule has 0 saturated carbocycles. The number of amides is 1. The largest absolute Gasteiger partial charge is 0.493 e. The van der Waals surface area contributed by atoms with E-state index in [-0.39, 0.29) is 12.0 Å². The molecule has 2 aromatic rings. The predicted octanol–water partition coefficient (Wildman–Crippen LogP) is 3.18. The van der Waals surface area contributed by atoms with Crippen molar-refractivity contribution in [3.63, 3.8) is 0 Å². The Morgan fingerprint density at radius 3 is 2.50 bits per heavy atom. The Labute approximate surface area is 153 Å². The molecule has 0 spiro atoms. The Morgan fingerprint density at radius 2 is 1.85 bits per heavy atom. The summed E-state index contributed by atoms with van der Waals surface area (Å²) in [5, 5.41) is 2.91. The van der Waals surface area contributed by atoms with Gasteiger partial charge in [0, 0.05) is 30.0 Å². The van der Waals surface area contributed by atoms with Crippen LogP contribution in [0.3, 0.4) is 0 Å². The van der Waals surface area contributed by atoms with Gasteiger partial charge in [-0.1, -0.05) is 0 Å². The highest BCUT2D eigenvalue weighted by atomic mass is 16.5. The SMILES string of the molecule is COc1ccc(C(=O)Nc2ccc(N3CCOC(C)C3)cc2)cc1OC. The van der Waals surface area contributed by atoms with Gasteiger partial charge in [-0.2, -0.15) is 0 Å². The number of anilines is 2. The Kier molecular flexibility index (Phi) is 5.63. The Hall–Kier alpha value is -2.73. The van der Waals surface area contributed by atoms with Gasteiger partial charge >= 0.3 is 0 Å². The van der Waals surface area contributed by atoms with E-state index in [2.05, 4.69) is 17.1 Å². The van der Waals surface area contributed by atoms with Crippen molar-refractivity contribution >= 4 is 17.3 Å². The predicted molar refractivity (Wildman–Crippen MR) is 102 cm³/mol. The second kappa shape index (κ2) is 8.10. The van der Waals surface area contributed by atoms with Crippen LogP contribution in [-0.4, -0.2) is 45.9 Å². The molecule has 1 N–H and O–H groups in total. The third kappa shape index (κ3) is 4.08. The zero-order valence-electron chi connectivity index (χ0n) is 15.3. The lowest BCUT2D eigenvalue weighted by molar-refractivity contribution is 0.0532. The van der Waals surface area contributed by atoms with Crippen molar-refractivity contribution in [2.75, 3.05) is 44.1 Å². The number of hydrogen-bond donors (Lipinski definition) is 1. The molecule has 2 aromatic carbocycles. The van der Waals surface area contributed by atoms with Gasteiger partial charge in [0.25, 0.3) is 5.91 Å². The minimum atomic E-state index is -0.196. The summed E-state index contributed by atoms with van der Waals surface area (Å²) in [6, 6.07) is 12.9. The monoisotopic (exact) mass is 356 g/mol. The molecule has 1 saturated heterocycles. The van der Waals surface area contributed by atoms with Crippen LogP contribution in [0.4, 0.5) is 11.4 Å². The van der Waals surface area contributed by atoms with E-state index in [4.69, 9.17) is 14.2 Å². The zero-order chi connectivity index (χ0) is 18.5. The first-order valence-corrected chi connectivity index (χ1v) is 8.60.